The molecule has 1 aromatic heterocycles. The Morgan fingerprint density at radius 3 is 2.47 bits per heavy atom. The third-order valence-corrected chi connectivity index (χ3v) is 5.35. The minimum atomic E-state index is -0.274. The van der Waals surface area contributed by atoms with Crippen LogP contribution in [0.2, 0.25) is 0 Å². The number of nitrogens with one attached hydrogen (secondary N) is 3. The third kappa shape index (κ3) is 7.43. The van der Waals surface area contributed by atoms with Crippen molar-refractivity contribution in [2.45, 2.75) is 51.9 Å². The van der Waals surface area contributed by atoms with E-state index in [-0.39, 0.29) is 54.7 Å². The van der Waals surface area contributed by atoms with Crippen LogP contribution in [0.15, 0.2) is 34.9 Å². The molecule has 1 aliphatic rings. The number of hydrogen-bond donors (Lipinski definition) is 3. The summed E-state index contributed by atoms with van der Waals surface area (Å²) in [4.78, 5) is 49.8. The minimum absolute atomic E-state index is 0.0507. The van der Waals surface area contributed by atoms with Gasteiger partial charge in [-0.3, -0.25) is 19.2 Å². The second-order valence-corrected chi connectivity index (χ2v) is 9.28. The van der Waals surface area contributed by atoms with Crippen LogP contribution < -0.4 is 16.0 Å². The molecule has 2 heterocycles. The first-order valence-corrected chi connectivity index (χ1v) is 11.3. The molecule has 0 unspecified atom stereocenters. The predicted molar refractivity (Wildman–Crippen MR) is 126 cm³/mol. The average Bonchev–Trinajstić information content (AvgIpc) is 3.14. The van der Waals surface area contributed by atoms with Crippen molar-refractivity contribution < 1.29 is 23.7 Å². The standard InChI is InChI=1S/C24H31N5O5/c1-24(2,3)18-15-19(28-34-18)27-22(32)14-16-4-6-17(7-5-16)26-21(31)8-9-23(33)29-12-10-20(30)25-11-13-29/h4-7,15H,8-14H2,1-3H3,(H,25,30)(H,26,31)(H,27,28,32). The Hall–Kier alpha value is -3.69. The zero-order valence-corrected chi connectivity index (χ0v) is 19.8. The Morgan fingerprint density at radius 2 is 1.79 bits per heavy atom. The van der Waals surface area contributed by atoms with E-state index in [1.54, 1.807) is 35.2 Å². The van der Waals surface area contributed by atoms with Gasteiger partial charge in [0.25, 0.3) is 0 Å². The maximum Gasteiger partial charge on any atom is 0.230 e. The van der Waals surface area contributed by atoms with Crippen LogP contribution >= 0.6 is 0 Å². The van der Waals surface area contributed by atoms with Crippen molar-refractivity contribution in [3.8, 4) is 0 Å². The molecule has 10 heteroatoms. The fraction of sp³-hybridized carbons (Fsp3) is 0.458. The molecular formula is C24H31N5O5. The van der Waals surface area contributed by atoms with E-state index >= 15 is 0 Å². The molecule has 0 atom stereocenters. The quantitative estimate of drug-likeness (QED) is 0.569. The SMILES string of the molecule is CC(C)(C)c1cc(NC(=O)Cc2ccc(NC(=O)CCC(=O)N3CCNC(=O)CC3)cc2)no1. The first-order valence-electron chi connectivity index (χ1n) is 11.3. The summed E-state index contributed by atoms with van der Waals surface area (Å²) in [7, 11) is 0. The van der Waals surface area contributed by atoms with E-state index in [0.29, 0.717) is 36.9 Å². The first-order chi connectivity index (χ1) is 16.1. The lowest BCUT2D eigenvalue weighted by Crippen LogP contribution is -2.34. The highest BCUT2D eigenvalue weighted by Gasteiger charge is 2.21. The van der Waals surface area contributed by atoms with Crippen LogP contribution in [0, 0.1) is 0 Å². The Balaban J connectivity index is 1.42. The van der Waals surface area contributed by atoms with Gasteiger partial charge in [0.05, 0.1) is 6.42 Å². The van der Waals surface area contributed by atoms with E-state index in [1.165, 1.54) is 0 Å². The number of benzene rings is 1. The van der Waals surface area contributed by atoms with Crippen LogP contribution in [-0.2, 0) is 31.0 Å². The first kappa shape index (κ1) is 24.9. The van der Waals surface area contributed by atoms with Gasteiger partial charge in [-0.25, -0.2) is 0 Å². The molecule has 1 aromatic carbocycles. The fourth-order valence-corrected chi connectivity index (χ4v) is 3.38. The van der Waals surface area contributed by atoms with E-state index in [4.69, 9.17) is 4.52 Å². The van der Waals surface area contributed by atoms with Gasteiger partial charge in [-0.15, -0.1) is 0 Å². The van der Waals surface area contributed by atoms with Crippen molar-refractivity contribution in [3.63, 3.8) is 0 Å². The molecule has 34 heavy (non-hydrogen) atoms. The van der Waals surface area contributed by atoms with Crippen molar-refractivity contribution in [2.75, 3.05) is 30.3 Å². The molecule has 0 radical (unpaired) electrons. The van der Waals surface area contributed by atoms with Crippen LogP contribution in [0.25, 0.3) is 0 Å². The Kier molecular flexibility index (Phi) is 8.04. The molecule has 10 nitrogen and oxygen atoms in total. The topological polar surface area (TPSA) is 134 Å². The maximum atomic E-state index is 12.3. The summed E-state index contributed by atoms with van der Waals surface area (Å²) < 4.78 is 5.27. The Labute approximate surface area is 198 Å². The summed E-state index contributed by atoms with van der Waals surface area (Å²) >= 11 is 0. The third-order valence-electron chi connectivity index (χ3n) is 5.35. The molecular weight excluding hydrogens is 438 g/mol. The van der Waals surface area contributed by atoms with Crippen LogP contribution in [0.1, 0.15) is 51.4 Å². The summed E-state index contributed by atoms with van der Waals surface area (Å²) in [5.74, 6) is 0.342. The molecule has 1 saturated heterocycles. The van der Waals surface area contributed by atoms with E-state index in [9.17, 15) is 19.2 Å². The molecule has 182 valence electrons. The maximum absolute atomic E-state index is 12.3. The second-order valence-electron chi connectivity index (χ2n) is 9.28. The number of carbonyl (C=O) groups excluding carboxylic acids is 4. The van der Waals surface area contributed by atoms with Gasteiger partial charge in [0.15, 0.2) is 5.82 Å². The highest BCUT2D eigenvalue weighted by atomic mass is 16.5. The van der Waals surface area contributed by atoms with Crippen molar-refractivity contribution in [3.05, 3.63) is 41.7 Å². The van der Waals surface area contributed by atoms with Gasteiger partial charge in [-0.05, 0) is 17.7 Å². The monoisotopic (exact) mass is 469 g/mol. The van der Waals surface area contributed by atoms with Crippen molar-refractivity contribution in [1.82, 2.24) is 15.4 Å². The molecule has 1 fully saturated rings. The highest BCUT2D eigenvalue weighted by Crippen LogP contribution is 2.24. The van der Waals surface area contributed by atoms with Gasteiger partial charge in [0, 0.05) is 56.1 Å². The lowest BCUT2D eigenvalue weighted by atomic mass is 9.93. The average molecular weight is 470 g/mol. The van der Waals surface area contributed by atoms with Crippen LogP contribution in [0.4, 0.5) is 11.5 Å². The summed E-state index contributed by atoms with van der Waals surface area (Å²) in [6, 6.07) is 8.64. The summed E-state index contributed by atoms with van der Waals surface area (Å²) in [6.45, 7) is 7.24. The molecule has 4 amide bonds. The zero-order valence-electron chi connectivity index (χ0n) is 19.8. The van der Waals surface area contributed by atoms with Crippen molar-refractivity contribution in [1.29, 1.82) is 0 Å². The van der Waals surface area contributed by atoms with Crippen LogP contribution in [-0.4, -0.2) is 53.3 Å². The molecule has 1 aliphatic heterocycles. The Bertz CT molecular complexity index is 1040. The molecule has 0 saturated carbocycles. The summed E-state index contributed by atoms with van der Waals surface area (Å²) in [6.07, 6.45) is 0.554. The summed E-state index contributed by atoms with van der Waals surface area (Å²) in [5, 5.41) is 12.1. The number of amides is 4. The van der Waals surface area contributed by atoms with Gasteiger partial charge in [0.2, 0.25) is 23.6 Å². The van der Waals surface area contributed by atoms with Crippen molar-refractivity contribution in [2.24, 2.45) is 0 Å². The van der Waals surface area contributed by atoms with E-state index in [2.05, 4.69) is 21.1 Å². The van der Waals surface area contributed by atoms with Gasteiger partial charge in [-0.2, -0.15) is 0 Å². The normalized spacial score (nSPS) is 14.2. The van der Waals surface area contributed by atoms with E-state index in [0.717, 1.165) is 5.56 Å². The lowest BCUT2D eigenvalue weighted by molar-refractivity contribution is -0.132. The van der Waals surface area contributed by atoms with Crippen LogP contribution in [0.3, 0.4) is 0 Å². The van der Waals surface area contributed by atoms with Gasteiger partial charge in [-0.1, -0.05) is 38.1 Å². The molecule has 3 N–H and O–H groups in total. The second kappa shape index (κ2) is 11.0. The van der Waals surface area contributed by atoms with Crippen LogP contribution in [0.5, 0.6) is 0 Å². The van der Waals surface area contributed by atoms with Gasteiger partial charge < -0.3 is 25.4 Å². The lowest BCUT2D eigenvalue weighted by Gasteiger charge is -2.19. The summed E-state index contributed by atoms with van der Waals surface area (Å²) in [5.41, 5.74) is 1.15. The molecule has 2 aromatic rings. The number of hydrogen-bond acceptors (Lipinski definition) is 6. The smallest absolute Gasteiger partial charge is 0.230 e. The number of nitrogens with zero attached hydrogens (tertiary/aromatic N) is 2. The largest absolute Gasteiger partial charge is 0.359 e. The zero-order chi connectivity index (χ0) is 24.7. The molecule has 0 spiro atoms. The Morgan fingerprint density at radius 1 is 1.06 bits per heavy atom. The van der Waals surface area contributed by atoms with Crippen molar-refractivity contribution >= 4 is 35.1 Å². The fourth-order valence-electron chi connectivity index (χ4n) is 3.38. The number of rotatable bonds is 7. The molecule has 0 aliphatic carbocycles. The van der Waals surface area contributed by atoms with E-state index in [1.807, 2.05) is 20.8 Å². The number of aromatic nitrogens is 1. The number of carbonyl (C=O) groups is 4. The molecule has 0 bridgehead atoms. The number of anilines is 2. The van der Waals surface area contributed by atoms with Gasteiger partial charge >= 0.3 is 0 Å². The molecule has 3 rings (SSSR count). The minimum Gasteiger partial charge on any atom is -0.359 e. The van der Waals surface area contributed by atoms with E-state index < -0.39 is 0 Å². The highest BCUT2D eigenvalue weighted by molar-refractivity contribution is 5.94. The predicted octanol–water partition coefficient (Wildman–Crippen LogP) is 2.22. The van der Waals surface area contributed by atoms with Gasteiger partial charge in [0.1, 0.15) is 5.76 Å².